The van der Waals surface area contributed by atoms with E-state index in [0.29, 0.717) is 44.1 Å². The van der Waals surface area contributed by atoms with E-state index >= 15 is 0 Å². The van der Waals surface area contributed by atoms with Crippen molar-refractivity contribution in [2.24, 2.45) is 5.41 Å². The van der Waals surface area contributed by atoms with Crippen LogP contribution in [0.4, 0.5) is 5.95 Å². The van der Waals surface area contributed by atoms with Gasteiger partial charge >= 0.3 is 0 Å². The first-order valence-electron chi connectivity index (χ1n) is 9.31. The molecule has 1 unspecified atom stereocenters. The van der Waals surface area contributed by atoms with E-state index in [1.54, 1.807) is 17.3 Å². The summed E-state index contributed by atoms with van der Waals surface area (Å²) in [5, 5.41) is 12.2. The molecule has 2 amide bonds. The van der Waals surface area contributed by atoms with Gasteiger partial charge in [0, 0.05) is 57.0 Å². The highest BCUT2D eigenvalue weighted by molar-refractivity contribution is 5.93. The first-order chi connectivity index (χ1) is 12.6. The second-order valence-electron chi connectivity index (χ2n) is 7.19. The largest absolute Gasteiger partial charge is 0.395 e. The predicted molar refractivity (Wildman–Crippen MR) is 96.7 cm³/mol. The molecule has 0 aromatic carbocycles. The molecule has 3 heterocycles. The Morgan fingerprint density at radius 3 is 2.77 bits per heavy atom. The van der Waals surface area contributed by atoms with Crippen LogP contribution in [0.25, 0.3) is 0 Å². The van der Waals surface area contributed by atoms with Gasteiger partial charge in [-0.2, -0.15) is 0 Å². The quantitative estimate of drug-likeness (QED) is 0.803. The van der Waals surface area contributed by atoms with Gasteiger partial charge in [0.05, 0.1) is 12.2 Å². The third-order valence-corrected chi connectivity index (χ3v) is 5.30. The third kappa shape index (κ3) is 3.95. The van der Waals surface area contributed by atoms with Crippen molar-refractivity contribution in [2.45, 2.75) is 32.6 Å². The number of amides is 2. The summed E-state index contributed by atoms with van der Waals surface area (Å²) in [5.41, 5.74) is 0.421. The number of aliphatic hydroxyl groups excluding tert-OH is 1. The van der Waals surface area contributed by atoms with E-state index < -0.39 is 0 Å². The number of piperidine rings is 2. The van der Waals surface area contributed by atoms with Gasteiger partial charge in [0.25, 0.3) is 5.91 Å². The Balaban J connectivity index is 1.69. The minimum atomic E-state index is -0.0679. The average molecular weight is 361 g/mol. The van der Waals surface area contributed by atoms with Crippen LogP contribution in [0.2, 0.25) is 0 Å². The Hall–Kier alpha value is -2.22. The molecular formula is C18H27N5O3. The lowest BCUT2D eigenvalue weighted by atomic mass is 9.73. The summed E-state index contributed by atoms with van der Waals surface area (Å²) in [6.45, 7) is 5.00. The van der Waals surface area contributed by atoms with Gasteiger partial charge in [-0.25, -0.2) is 9.97 Å². The first kappa shape index (κ1) is 18.6. The fourth-order valence-corrected chi connectivity index (χ4v) is 4.01. The molecule has 2 aliphatic heterocycles. The molecule has 8 nitrogen and oxygen atoms in total. The predicted octanol–water partition coefficient (Wildman–Crippen LogP) is 0.745. The summed E-state index contributed by atoms with van der Waals surface area (Å²) in [6, 6.07) is 0. The molecule has 0 bridgehead atoms. The summed E-state index contributed by atoms with van der Waals surface area (Å²) in [7, 11) is 0. The maximum absolute atomic E-state index is 12.9. The normalized spacial score (nSPS) is 23.4. The van der Waals surface area contributed by atoms with Crippen molar-refractivity contribution in [1.29, 1.82) is 0 Å². The SMILES string of the molecule is CCNc1ncc(C(=O)N2CCCC3(CCC(=O)N(CCO)C3)C2)cn1. The van der Waals surface area contributed by atoms with Crippen LogP contribution < -0.4 is 5.32 Å². The van der Waals surface area contributed by atoms with Gasteiger partial charge in [-0.3, -0.25) is 9.59 Å². The summed E-state index contributed by atoms with van der Waals surface area (Å²) in [5.74, 6) is 0.558. The van der Waals surface area contributed by atoms with Crippen molar-refractivity contribution in [3.63, 3.8) is 0 Å². The van der Waals surface area contributed by atoms with E-state index in [9.17, 15) is 14.7 Å². The lowest BCUT2D eigenvalue weighted by Crippen LogP contribution is -2.55. The first-order valence-corrected chi connectivity index (χ1v) is 9.31. The molecule has 1 spiro atoms. The molecule has 0 aliphatic carbocycles. The summed E-state index contributed by atoms with van der Waals surface area (Å²) in [6.07, 6.45) is 6.34. The number of nitrogens with one attached hydrogen (secondary N) is 1. The van der Waals surface area contributed by atoms with Crippen molar-refractivity contribution in [3.8, 4) is 0 Å². The molecule has 3 rings (SSSR count). The summed E-state index contributed by atoms with van der Waals surface area (Å²) in [4.78, 5) is 36.9. The second-order valence-corrected chi connectivity index (χ2v) is 7.19. The zero-order valence-corrected chi connectivity index (χ0v) is 15.3. The minimum absolute atomic E-state index is 0.0278. The number of anilines is 1. The number of hydrogen-bond acceptors (Lipinski definition) is 6. The number of rotatable bonds is 5. The number of carbonyl (C=O) groups is 2. The highest BCUT2D eigenvalue weighted by Crippen LogP contribution is 2.39. The Bertz CT molecular complexity index is 651. The van der Waals surface area contributed by atoms with Crippen LogP contribution in [-0.4, -0.2) is 76.0 Å². The van der Waals surface area contributed by atoms with Gasteiger partial charge in [-0.15, -0.1) is 0 Å². The van der Waals surface area contributed by atoms with Crippen LogP contribution in [0.5, 0.6) is 0 Å². The standard InChI is InChI=1S/C18H27N5O3/c1-2-19-17-20-10-14(11-21-17)16(26)23-7-3-5-18(13-23)6-4-15(25)22(12-18)8-9-24/h10-11,24H,2-9,12-13H2,1H3,(H,19,20,21). The van der Waals surface area contributed by atoms with Crippen LogP contribution in [0.15, 0.2) is 12.4 Å². The van der Waals surface area contributed by atoms with Gasteiger partial charge < -0.3 is 20.2 Å². The Morgan fingerprint density at radius 2 is 2.08 bits per heavy atom. The maximum atomic E-state index is 12.9. The molecule has 8 heteroatoms. The average Bonchev–Trinajstić information content (AvgIpc) is 2.66. The molecule has 1 aromatic heterocycles. The zero-order chi connectivity index (χ0) is 18.6. The number of aromatic nitrogens is 2. The second kappa shape index (κ2) is 7.99. The molecule has 2 aliphatic rings. The third-order valence-electron chi connectivity index (χ3n) is 5.30. The molecule has 26 heavy (non-hydrogen) atoms. The number of likely N-dealkylation sites (tertiary alicyclic amines) is 2. The van der Waals surface area contributed by atoms with Gasteiger partial charge in [0.1, 0.15) is 0 Å². The number of nitrogens with zero attached hydrogens (tertiary/aromatic N) is 4. The monoisotopic (exact) mass is 361 g/mol. The van der Waals surface area contributed by atoms with E-state index in [0.717, 1.165) is 25.8 Å². The molecule has 142 valence electrons. The lowest BCUT2D eigenvalue weighted by molar-refractivity contribution is -0.139. The van der Waals surface area contributed by atoms with Crippen molar-refractivity contribution in [1.82, 2.24) is 19.8 Å². The number of β-amino-alcohol motifs (C(OH)–C–C–N with tert-alkyl or cyclic N) is 1. The van der Waals surface area contributed by atoms with E-state index in [-0.39, 0.29) is 23.8 Å². The van der Waals surface area contributed by atoms with Crippen molar-refractivity contribution in [3.05, 3.63) is 18.0 Å². The van der Waals surface area contributed by atoms with Crippen LogP contribution in [-0.2, 0) is 4.79 Å². The number of aliphatic hydroxyl groups is 1. The van der Waals surface area contributed by atoms with Gasteiger partial charge in [-0.1, -0.05) is 0 Å². The van der Waals surface area contributed by atoms with Crippen molar-refractivity contribution >= 4 is 17.8 Å². The topological polar surface area (TPSA) is 98.7 Å². The number of hydrogen-bond donors (Lipinski definition) is 2. The molecule has 2 fully saturated rings. The lowest BCUT2D eigenvalue weighted by Gasteiger charge is -2.48. The van der Waals surface area contributed by atoms with Gasteiger partial charge in [-0.05, 0) is 26.2 Å². The molecule has 1 aromatic rings. The van der Waals surface area contributed by atoms with E-state index in [1.165, 1.54) is 0 Å². The Kier molecular flexibility index (Phi) is 5.70. The van der Waals surface area contributed by atoms with Gasteiger partial charge in [0.2, 0.25) is 11.9 Å². The zero-order valence-electron chi connectivity index (χ0n) is 15.3. The highest BCUT2D eigenvalue weighted by atomic mass is 16.3. The fraction of sp³-hybridized carbons (Fsp3) is 0.667. The van der Waals surface area contributed by atoms with E-state index in [1.807, 2.05) is 11.8 Å². The van der Waals surface area contributed by atoms with Crippen molar-refractivity contribution in [2.75, 3.05) is 44.6 Å². The van der Waals surface area contributed by atoms with Crippen LogP contribution in [0.3, 0.4) is 0 Å². The minimum Gasteiger partial charge on any atom is -0.395 e. The van der Waals surface area contributed by atoms with Crippen LogP contribution in [0.1, 0.15) is 43.0 Å². The molecule has 2 saturated heterocycles. The van der Waals surface area contributed by atoms with Crippen molar-refractivity contribution < 1.29 is 14.7 Å². The summed E-state index contributed by atoms with van der Waals surface area (Å²) < 4.78 is 0. The highest BCUT2D eigenvalue weighted by Gasteiger charge is 2.42. The Morgan fingerprint density at radius 1 is 1.31 bits per heavy atom. The molecule has 1 atom stereocenters. The van der Waals surface area contributed by atoms with E-state index in [4.69, 9.17) is 0 Å². The fourth-order valence-electron chi connectivity index (χ4n) is 4.01. The van der Waals surface area contributed by atoms with E-state index in [2.05, 4.69) is 15.3 Å². The van der Waals surface area contributed by atoms with Crippen LogP contribution in [0, 0.1) is 5.41 Å². The van der Waals surface area contributed by atoms with Crippen LogP contribution >= 0.6 is 0 Å². The number of carbonyl (C=O) groups excluding carboxylic acids is 2. The summed E-state index contributed by atoms with van der Waals surface area (Å²) >= 11 is 0. The smallest absolute Gasteiger partial charge is 0.257 e. The molecule has 0 radical (unpaired) electrons. The molecule has 0 saturated carbocycles. The molecular weight excluding hydrogens is 334 g/mol. The Labute approximate surface area is 153 Å². The molecule has 2 N–H and O–H groups in total. The van der Waals surface area contributed by atoms with Gasteiger partial charge in [0.15, 0.2) is 0 Å². The maximum Gasteiger partial charge on any atom is 0.257 e.